The Bertz CT molecular complexity index is 1300. The maximum absolute atomic E-state index is 10.8. The number of benzene rings is 2. The van der Waals surface area contributed by atoms with E-state index in [1.54, 1.807) is 11.3 Å². The molecule has 0 radical (unpaired) electrons. The normalized spacial score (nSPS) is 14.2. The van der Waals surface area contributed by atoms with Crippen LogP contribution in [-0.2, 0) is 9.53 Å². The summed E-state index contributed by atoms with van der Waals surface area (Å²) < 4.78 is 6.53. The Labute approximate surface area is 196 Å². The summed E-state index contributed by atoms with van der Waals surface area (Å²) in [6.45, 7) is 0.485. The molecular formula is C27H24N2O3S. The number of hydrogen-bond donors (Lipinski definition) is 2. The van der Waals surface area contributed by atoms with Gasteiger partial charge in [-0.25, -0.2) is 9.78 Å². The van der Waals surface area contributed by atoms with Crippen LogP contribution in [0.3, 0.4) is 0 Å². The van der Waals surface area contributed by atoms with Crippen molar-refractivity contribution in [1.82, 2.24) is 4.98 Å². The Morgan fingerprint density at radius 1 is 1.06 bits per heavy atom. The monoisotopic (exact) mass is 456 g/mol. The number of rotatable bonds is 9. The molecule has 2 aromatic carbocycles. The summed E-state index contributed by atoms with van der Waals surface area (Å²) in [5.74, 6) is 0.00637. The number of fused-ring (bicyclic) bond motifs is 2. The molecule has 1 aromatic heterocycles. The van der Waals surface area contributed by atoms with Crippen molar-refractivity contribution >= 4 is 34.1 Å². The zero-order valence-electron chi connectivity index (χ0n) is 18.0. The maximum Gasteiger partial charge on any atom is 0.341 e. The number of hydrogen-bond acceptors (Lipinski definition) is 5. The molecule has 0 aliphatic heterocycles. The first-order valence-electron chi connectivity index (χ1n) is 11.0. The van der Waals surface area contributed by atoms with Gasteiger partial charge in [0.1, 0.15) is 5.76 Å². The van der Waals surface area contributed by atoms with Crippen molar-refractivity contribution in [2.45, 2.75) is 18.8 Å². The molecule has 0 atom stereocenters. The van der Waals surface area contributed by atoms with E-state index in [2.05, 4.69) is 72.1 Å². The summed E-state index contributed by atoms with van der Waals surface area (Å²) in [5, 5.41) is 14.3. The summed E-state index contributed by atoms with van der Waals surface area (Å²) in [6, 6.07) is 21.2. The Morgan fingerprint density at radius 2 is 1.76 bits per heavy atom. The van der Waals surface area contributed by atoms with E-state index < -0.39 is 5.97 Å². The number of allylic oxidation sites excluding steroid dienone is 4. The molecule has 3 aromatic rings. The van der Waals surface area contributed by atoms with Gasteiger partial charge in [-0.3, -0.25) is 0 Å². The molecule has 2 N–H and O–H groups in total. The van der Waals surface area contributed by atoms with Gasteiger partial charge >= 0.3 is 5.97 Å². The highest BCUT2D eigenvalue weighted by atomic mass is 32.1. The van der Waals surface area contributed by atoms with Gasteiger partial charge in [-0.2, -0.15) is 0 Å². The zero-order chi connectivity index (χ0) is 22.6. The van der Waals surface area contributed by atoms with Crippen LogP contribution in [0.1, 0.15) is 29.9 Å². The lowest BCUT2D eigenvalue weighted by Gasteiger charge is -2.18. The van der Waals surface area contributed by atoms with Crippen LogP contribution in [0, 0.1) is 0 Å². The minimum Gasteiger partial charge on any atom is -0.486 e. The highest BCUT2D eigenvalue weighted by Gasteiger charge is 2.20. The molecule has 0 spiro atoms. The van der Waals surface area contributed by atoms with Crippen LogP contribution < -0.4 is 15.2 Å². The topological polar surface area (TPSA) is 71.5 Å². The van der Waals surface area contributed by atoms with Crippen molar-refractivity contribution in [2.24, 2.45) is 0 Å². The largest absolute Gasteiger partial charge is 0.486 e. The fourth-order valence-corrected chi connectivity index (χ4v) is 5.28. The average Bonchev–Trinajstić information content (AvgIpc) is 3.39. The van der Waals surface area contributed by atoms with E-state index in [9.17, 15) is 4.79 Å². The van der Waals surface area contributed by atoms with Gasteiger partial charge in [-0.15, -0.1) is 0 Å². The van der Waals surface area contributed by atoms with Crippen LogP contribution in [0.5, 0.6) is 0 Å². The minimum absolute atomic E-state index is 0.319. The number of aromatic nitrogens is 1. The molecule has 166 valence electrons. The summed E-state index contributed by atoms with van der Waals surface area (Å²) in [5.41, 5.74) is 4.86. The Kier molecular flexibility index (Phi) is 6.09. The quantitative estimate of drug-likeness (QED) is 0.509. The van der Waals surface area contributed by atoms with Gasteiger partial charge in [0.25, 0.3) is 0 Å². The number of ether oxygens (including phenoxy) is 1. The summed E-state index contributed by atoms with van der Waals surface area (Å²) >= 11 is 1.65. The van der Waals surface area contributed by atoms with Gasteiger partial charge in [-0.05, 0) is 40.8 Å². The molecule has 2 aliphatic carbocycles. The highest BCUT2D eigenvalue weighted by Crippen LogP contribution is 2.30. The number of carboxylic acid groups (broad SMARTS) is 1. The first kappa shape index (κ1) is 21.2. The lowest BCUT2D eigenvalue weighted by Crippen LogP contribution is -2.20. The first-order valence-corrected chi connectivity index (χ1v) is 11.8. The van der Waals surface area contributed by atoms with E-state index in [-0.39, 0.29) is 6.61 Å². The fourth-order valence-electron chi connectivity index (χ4n) is 4.31. The number of nitrogens with one attached hydrogen (secondary N) is 1. The summed E-state index contributed by atoms with van der Waals surface area (Å²) in [6.07, 6.45) is 7.49. The van der Waals surface area contributed by atoms with Crippen LogP contribution in [0.2, 0.25) is 0 Å². The smallest absolute Gasteiger partial charge is 0.341 e. The van der Waals surface area contributed by atoms with Gasteiger partial charge in [0, 0.05) is 18.9 Å². The Morgan fingerprint density at radius 3 is 2.42 bits per heavy atom. The molecule has 6 heteroatoms. The lowest BCUT2D eigenvalue weighted by atomic mass is 9.88. The van der Waals surface area contributed by atoms with Gasteiger partial charge in [-0.1, -0.05) is 78.1 Å². The second-order valence-electron chi connectivity index (χ2n) is 8.06. The number of carboxylic acids is 1. The molecule has 0 unspecified atom stereocenters. The molecule has 5 rings (SSSR count). The van der Waals surface area contributed by atoms with E-state index in [1.807, 2.05) is 12.2 Å². The second-order valence-corrected chi connectivity index (χ2v) is 9.09. The molecule has 0 fully saturated rings. The molecule has 2 aliphatic rings. The maximum atomic E-state index is 10.8. The average molecular weight is 457 g/mol. The van der Waals surface area contributed by atoms with Crippen LogP contribution in [0.25, 0.3) is 11.6 Å². The van der Waals surface area contributed by atoms with E-state index in [4.69, 9.17) is 14.8 Å². The third-order valence-electron chi connectivity index (χ3n) is 5.87. The van der Waals surface area contributed by atoms with Crippen molar-refractivity contribution in [3.63, 3.8) is 0 Å². The van der Waals surface area contributed by atoms with Crippen LogP contribution in [-0.4, -0.2) is 29.2 Å². The SMILES string of the molecule is O=C(O)COC1=CC=C2C=c3sc(NCCC(c4ccccc4)c4ccccc4)nc3=C2C1. The second kappa shape index (κ2) is 9.46. The summed E-state index contributed by atoms with van der Waals surface area (Å²) in [7, 11) is 0. The van der Waals surface area contributed by atoms with Gasteiger partial charge < -0.3 is 15.2 Å². The molecule has 5 nitrogen and oxygen atoms in total. The van der Waals surface area contributed by atoms with Crippen LogP contribution >= 0.6 is 11.3 Å². The Balaban J connectivity index is 1.29. The molecule has 0 amide bonds. The van der Waals surface area contributed by atoms with E-state index >= 15 is 0 Å². The molecule has 0 bridgehead atoms. The number of anilines is 1. The number of carbonyl (C=O) groups is 1. The van der Waals surface area contributed by atoms with Crippen molar-refractivity contribution in [3.8, 4) is 0 Å². The van der Waals surface area contributed by atoms with Crippen molar-refractivity contribution in [3.05, 3.63) is 105 Å². The minimum atomic E-state index is -0.973. The lowest BCUT2D eigenvalue weighted by molar-refractivity contribution is -0.140. The number of aliphatic carboxylic acids is 1. The third kappa shape index (κ3) is 4.76. The zero-order valence-corrected chi connectivity index (χ0v) is 18.8. The van der Waals surface area contributed by atoms with Crippen molar-refractivity contribution in [2.75, 3.05) is 18.5 Å². The predicted octanol–water partition coefficient (Wildman–Crippen LogP) is 4.04. The first-order chi connectivity index (χ1) is 16.2. The number of nitrogens with zero attached hydrogens (tertiary/aromatic N) is 1. The fraction of sp³-hybridized carbons (Fsp3) is 0.185. The van der Waals surface area contributed by atoms with Crippen LogP contribution in [0.4, 0.5) is 5.13 Å². The van der Waals surface area contributed by atoms with Gasteiger partial charge in [0.2, 0.25) is 0 Å². The van der Waals surface area contributed by atoms with Crippen LogP contribution in [0.15, 0.2) is 84.1 Å². The van der Waals surface area contributed by atoms with E-state index in [0.717, 1.165) is 39.1 Å². The highest BCUT2D eigenvalue weighted by molar-refractivity contribution is 7.13. The number of thiazole rings is 1. The van der Waals surface area contributed by atoms with E-state index in [1.165, 1.54) is 11.1 Å². The third-order valence-corrected chi connectivity index (χ3v) is 6.83. The standard InChI is InChI=1S/C27H24N2O3S/c30-25(31)17-32-21-12-11-20-15-24-26(23(20)16-21)29-27(33-24)28-14-13-22(18-7-3-1-4-8-18)19-9-5-2-6-10-19/h1-12,15,22H,13-14,16-17H2,(H,28,29)(H,30,31). The molecule has 0 saturated carbocycles. The van der Waals surface area contributed by atoms with Gasteiger partial charge in [0.15, 0.2) is 11.7 Å². The van der Waals surface area contributed by atoms with Crippen molar-refractivity contribution in [1.29, 1.82) is 0 Å². The molecule has 0 saturated heterocycles. The summed E-state index contributed by atoms with van der Waals surface area (Å²) in [4.78, 5) is 15.6. The van der Waals surface area contributed by atoms with E-state index in [0.29, 0.717) is 18.1 Å². The molecule has 33 heavy (non-hydrogen) atoms. The predicted molar refractivity (Wildman–Crippen MR) is 131 cm³/mol. The molecule has 1 heterocycles. The Hall–Kier alpha value is -3.64. The van der Waals surface area contributed by atoms with Crippen molar-refractivity contribution < 1.29 is 14.6 Å². The molecular weight excluding hydrogens is 432 g/mol. The van der Waals surface area contributed by atoms with Gasteiger partial charge in [0.05, 0.1) is 9.88 Å².